The van der Waals surface area contributed by atoms with Gasteiger partial charge in [-0.15, -0.1) is 0 Å². The summed E-state index contributed by atoms with van der Waals surface area (Å²) in [5.41, 5.74) is 8.18. The summed E-state index contributed by atoms with van der Waals surface area (Å²) in [5, 5.41) is 0. The molecule has 106 valence electrons. The Hall–Kier alpha value is -0.933. The van der Waals surface area contributed by atoms with Crippen LogP contribution in [0.5, 0.6) is 0 Å². The molecule has 0 saturated carbocycles. The third-order valence-corrected chi connectivity index (χ3v) is 5.95. The first-order valence-electron chi connectivity index (χ1n) is 7.15. The molecule has 1 unspecified atom stereocenters. The molecule has 0 aliphatic carbocycles. The lowest BCUT2D eigenvalue weighted by Crippen LogP contribution is -2.35. The number of ketones is 1. The van der Waals surface area contributed by atoms with Crippen LogP contribution < -0.4 is 5.73 Å². The molecule has 2 nitrogen and oxygen atoms in total. The minimum absolute atomic E-state index is 0.113. The summed E-state index contributed by atoms with van der Waals surface area (Å²) in [6.07, 6.45) is 3.24. The average molecular weight is 277 g/mol. The smallest absolute Gasteiger partial charge is 0.134 e. The maximum atomic E-state index is 12.0. The molecule has 0 bridgehead atoms. The molecule has 0 aliphatic heterocycles. The fourth-order valence-electron chi connectivity index (χ4n) is 2.75. The predicted octanol–water partition coefficient (Wildman–Crippen LogP) is 3.52. The van der Waals surface area contributed by atoms with E-state index in [-0.39, 0.29) is 5.54 Å². The molecule has 1 aromatic rings. The van der Waals surface area contributed by atoms with Crippen molar-refractivity contribution in [3.8, 4) is 0 Å². The second kappa shape index (κ2) is 7.01. The Bertz CT molecular complexity index is 423. The van der Waals surface area contributed by atoms with E-state index < -0.39 is 8.07 Å². The first kappa shape index (κ1) is 16.1. The van der Waals surface area contributed by atoms with E-state index in [1.165, 1.54) is 11.1 Å². The fraction of sp³-hybridized carbons (Fsp3) is 0.562. The van der Waals surface area contributed by atoms with Crippen molar-refractivity contribution in [2.45, 2.75) is 51.4 Å². The van der Waals surface area contributed by atoms with Crippen molar-refractivity contribution in [3.05, 3.63) is 35.4 Å². The van der Waals surface area contributed by atoms with Gasteiger partial charge in [0.25, 0.3) is 0 Å². The zero-order chi connectivity index (χ0) is 14.5. The molecule has 0 amide bonds. The topological polar surface area (TPSA) is 43.1 Å². The van der Waals surface area contributed by atoms with Gasteiger partial charge in [-0.2, -0.15) is 0 Å². The number of aryl methyl sites for hydroxylation is 1. The molecule has 0 saturated heterocycles. The summed E-state index contributed by atoms with van der Waals surface area (Å²) in [6, 6.07) is 8.57. The van der Waals surface area contributed by atoms with Crippen molar-refractivity contribution in [1.82, 2.24) is 0 Å². The molecule has 1 aromatic carbocycles. The Kier molecular flexibility index (Phi) is 5.95. The zero-order valence-electron chi connectivity index (χ0n) is 12.7. The maximum Gasteiger partial charge on any atom is 0.134 e. The van der Waals surface area contributed by atoms with E-state index in [1.54, 1.807) is 6.92 Å². The first-order chi connectivity index (χ1) is 8.86. The lowest BCUT2D eigenvalue weighted by Gasteiger charge is -2.27. The number of nitrogens with two attached hydrogens (primary N) is 1. The van der Waals surface area contributed by atoms with Gasteiger partial charge in [-0.05, 0) is 43.9 Å². The molecule has 0 fully saturated rings. The van der Waals surface area contributed by atoms with Crippen molar-refractivity contribution in [2.24, 2.45) is 5.73 Å². The first-order valence-corrected chi connectivity index (χ1v) is 10.7. The van der Waals surface area contributed by atoms with Gasteiger partial charge in [0.15, 0.2) is 0 Å². The summed E-state index contributed by atoms with van der Waals surface area (Å²) in [5.74, 6) is 0.304. The SMILES string of the molecule is CC(=O)C(c1cccc(CCCCN)c1)[Si](C)(C)C. The second-order valence-electron chi connectivity index (χ2n) is 6.40. The summed E-state index contributed by atoms with van der Waals surface area (Å²) < 4.78 is 0. The Labute approximate surface area is 118 Å². The number of Topliss-reactive ketones (excluding diaryl/α,β-unsaturated/α-hetero) is 1. The molecule has 0 spiro atoms. The maximum absolute atomic E-state index is 12.0. The van der Waals surface area contributed by atoms with Crippen LogP contribution in [0.3, 0.4) is 0 Å². The van der Waals surface area contributed by atoms with Crippen LogP contribution >= 0.6 is 0 Å². The number of hydrogen-bond donors (Lipinski definition) is 1. The average Bonchev–Trinajstić information content (AvgIpc) is 2.27. The van der Waals surface area contributed by atoms with Gasteiger partial charge in [0, 0.05) is 5.54 Å². The summed E-state index contributed by atoms with van der Waals surface area (Å²) in [7, 11) is -1.52. The highest BCUT2D eigenvalue weighted by Crippen LogP contribution is 2.28. The Balaban J connectivity index is 2.93. The molecule has 3 heteroatoms. The van der Waals surface area contributed by atoms with E-state index in [2.05, 4.69) is 43.9 Å². The van der Waals surface area contributed by atoms with Crippen LogP contribution in [0.2, 0.25) is 19.6 Å². The van der Waals surface area contributed by atoms with E-state index in [0.29, 0.717) is 5.78 Å². The molecular formula is C16H27NOSi. The lowest BCUT2D eigenvalue weighted by atomic mass is 10.0. The van der Waals surface area contributed by atoms with Gasteiger partial charge >= 0.3 is 0 Å². The van der Waals surface area contributed by atoms with Crippen molar-refractivity contribution in [2.75, 3.05) is 6.54 Å². The van der Waals surface area contributed by atoms with E-state index in [9.17, 15) is 4.79 Å². The van der Waals surface area contributed by atoms with Crippen molar-refractivity contribution >= 4 is 13.9 Å². The van der Waals surface area contributed by atoms with Gasteiger partial charge in [0.1, 0.15) is 5.78 Å². The lowest BCUT2D eigenvalue weighted by molar-refractivity contribution is -0.116. The molecule has 1 atom stereocenters. The number of rotatable bonds is 7. The largest absolute Gasteiger partial charge is 0.330 e. The minimum atomic E-state index is -1.52. The van der Waals surface area contributed by atoms with Crippen molar-refractivity contribution in [3.63, 3.8) is 0 Å². The van der Waals surface area contributed by atoms with Gasteiger partial charge in [-0.3, -0.25) is 4.79 Å². The van der Waals surface area contributed by atoms with Crippen LogP contribution in [0.15, 0.2) is 24.3 Å². The van der Waals surface area contributed by atoms with Gasteiger partial charge in [-0.25, -0.2) is 0 Å². The monoisotopic (exact) mass is 277 g/mol. The normalized spacial score (nSPS) is 13.3. The van der Waals surface area contributed by atoms with E-state index >= 15 is 0 Å². The molecule has 2 N–H and O–H groups in total. The third-order valence-electron chi connectivity index (χ3n) is 3.48. The second-order valence-corrected chi connectivity index (χ2v) is 11.7. The summed E-state index contributed by atoms with van der Waals surface area (Å²) in [4.78, 5) is 12.0. The van der Waals surface area contributed by atoms with Crippen LogP contribution in [-0.2, 0) is 11.2 Å². The fourth-order valence-corrected chi connectivity index (χ4v) is 5.15. The third kappa shape index (κ3) is 4.92. The highest BCUT2D eigenvalue weighted by atomic mass is 28.3. The van der Waals surface area contributed by atoms with E-state index in [0.717, 1.165) is 25.8 Å². The minimum Gasteiger partial charge on any atom is -0.330 e. The molecule has 0 heterocycles. The standard InChI is InChI=1S/C16H27NOSi/c1-13(18)16(19(2,3)4)15-10-7-9-14(12-15)8-5-6-11-17/h7,9-10,12,16H,5-6,8,11,17H2,1-4H3. The molecule has 1 rings (SSSR count). The van der Waals surface area contributed by atoms with Crippen molar-refractivity contribution in [1.29, 1.82) is 0 Å². The highest BCUT2D eigenvalue weighted by molar-refractivity contribution is 6.80. The number of unbranched alkanes of at least 4 members (excludes halogenated alkanes) is 1. The number of carbonyl (C=O) groups is 1. The van der Waals surface area contributed by atoms with Gasteiger partial charge < -0.3 is 5.73 Å². The van der Waals surface area contributed by atoms with E-state index in [1.807, 2.05) is 0 Å². The molecular weight excluding hydrogens is 250 g/mol. The van der Waals surface area contributed by atoms with E-state index in [4.69, 9.17) is 5.73 Å². The number of hydrogen-bond acceptors (Lipinski definition) is 2. The van der Waals surface area contributed by atoms with Crippen LogP contribution in [0, 0.1) is 0 Å². The number of benzene rings is 1. The molecule has 0 aromatic heterocycles. The van der Waals surface area contributed by atoms with Crippen LogP contribution in [0.1, 0.15) is 36.4 Å². The summed E-state index contributed by atoms with van der Waals surface area (Å²) >= 11 is 0. The van der Waals surface area contributed by atoms with Gasteiger partial charge in [0.2, 0.25) is 0 Å². The summed E-state index contributed by atoms with van der Waals surface area (Å²) in [6.45, 7) is 9.27. The van der Waals surface area contributed by atoms with Crippen LogP contribution in [-0.4, -0.2) is 20.4 Å². The Morgan fingerprint density at radius 1 is 1.26 bits per heavy atom. The molecule has 0 radical (unpaired) electrons. The van der Waals surface area contributed by atoms with Crippen molar-refractivity contribution < 1.29 is 4.79 Å². The van der Waals surface area contributed by atoms with Crippen LogP contribution in [0.4, 0.5) is 0 Å². The highest BCUT2D eigenvalue weighted by Gasteiger charge is 2.31. The Morgan fingerprint density at radius 2 is 1.95 bits per heavy atom. The molecule has 19 heavy (non-hydrogen) atoms. The predicted molar refractivity (Wildman–Crippen MR) is 85.2 cm³/mol. The molecule has 0 aliphatic rings. The number of carbonyl (C=O) groups excluding carboxylic acids is 1. The quantitative estimate of drug-likeness (QED) is 0.612. The zero-order valence-corrected chi connectivity index (χ0v) is 13.7. The van der Waals surface area contributed by atoms with Gasteiger partial charge in [0.05, 0.1) is 8.07 Å². The Morgan fingerprint density at radius 3 is 2.47 bits per heavy atom. The van der Waals surface area contributed by atoms with Gasteiger partial charge in [-0.1, -0.05) is 43.9 Å². The van der Waals surface area contributed by atoms with Crippen LogP contribution in [0.25, 0.3) is 0 Å².